The van der Waals surface area contributed by atoms with E-state index in [1.165, 1.54) is 6.07 Å². The van der Waals surface area contributed by atoms with Crippen molar-refractivity contribution in [3.8, 4) is 5.75 Å². The number of aromatic hydroxyl groups is 1. The number of phenolic OH excluding ortho intramolecular Hbond substituents is 1. The molecule has 43 heavy (non-hydrogen) atoms. The molecule has 0 amide bonds. The third-order valence-electron chi connectivity index (χ3n) is 5.44. The van der Waals surface area contributed by atoms with Crippen LogP contribution in [0.1, 0.15) is 0 Å². The summed E-state index contributed by atoms with van der Waals surface area (Å²) in [6.45, 7) is 0. The molecule has 21 heteroatoms. The predicted octanol–water partition coefficient (Wildman–Crippen LogP) is -6.70. The average molecular weight is 648 g/mol. The molecule has 0 aromatic heterocycles. The number of hydrogen-bond acceptors (Lipinski definition) is 16. The number of phenols is 1. The fourth-order valence-electron chi connectivity index (χ4n) is 3.58. The van der Waals surface area contributed by atoms with Gasteiger partial charge in [0.05, 0.1) is 26.1 Å². The number of benzene rings is 4. The van der Waals surface area contributed by atoms with Gasteiger partial charge in [0.2, 0.25) is 10.9 Å². The van der Waals surface area contributed by atoms with Crippen LogP contribution in [-0.4, -0.2) is 36.0 Å². The standard InChI is InChI=1S/C22H16N6O11S2.2Na/c23-14-7-11(1-3-17(14)28(32)33)24-27-21-18(29)4-2-15(22(21)31)25-26-16-8-12(40(34,35)36)5-10-6-13(41(37,38)39)9-19(30)20(10)16;;/h1-9,24,26,30H,23H2,(H,34,35,36)(H,37,38,39);;/q;2*+1/p-2/b25-15-,27-21+;;. The fourth-order valence-corrected chi connectivity index (χ4v) is 4.64. The zero-order chi connectivity index (χ0) is 30.3. The van der Waals surface area contributed by atoms with Crippen molar-refractivity contribution < 1.29 is 95.1 Å². The summed E-state index contributed by atoms with van der Waals surface area (Å²) in [5.41, 5.74) is 7.51. The molecule has 0 saturated carbocycles. The van der Waals surface area contributed by atoms with E-state index in [1.807, 2.05) is 0 Å². The summed E-state index contributed by atoms with van der Waals surface area (Å²) in [7, 11) is -10.2. The van der Waals surface area contributed by atoms with Gasteiger partial charge in [-0.25, -0.2) is 16.8 Å². The molecular weight excluding hydrogens is 634 g/mol. The zero-order valence-electron chi connectivity index (χ0n) is 22.0. The first-order valence-corrected chi connectivity index (χ1v) is 13.6. The third kappa shape index (κ3) is 8.03. The number of fused-ring (bicyclic) bond motifs is 1. The second-order valence-electron chi connectivity index (χ2n) is 8.16. The Balaban J connectivity index is 0.00000323. The molecule has 0 saturated heterocycles. The van der Waals surface area contributed by atoms with E-state index in [4.69, 9.17) is 5.73 Å². The van der Waals surface area contributed by atoms with Crippen LogP contribution < -0.4 is 97.3 Å². The number of nitrogens with zero attached hydrogens (tertiary/aromatic N) is 3. The zero-order valence-corrected chi connectivity index (χ0v) is 27.6. The maximum absolute atomic E-state index is 12.9. The molecule has 0 aliphatic carbocycles. The van der Waals surface area contributed by atoms with Crippen LogP contribution in [0.3, 0.4) is 0 Å². The molecule has 0 fully saturated rings. The van der Waals surface area contributed by atoms with E-state index in [9.17, 15) is 50.8 Å². The van der Waals surface area contributed by atoms with Crippen molar-refractivity contribution in [1.82, 2.24) is 0 Å². The predicted molar refractivity (Wildman–Crippen MR) is 139 cm³/mol. The van der Waals surface area contributed by atoms with E-state index in [1.54, 1.807) is 0 Å². The minimum atomic E-state index is -5.14. The van der Waals surface area contributed by atoms with Crippen LogP contribution >= 0.6 is 0 Å². The molecule has 0 radical (unpaired) electrons. The number of nitro groups is 1. The molecule has 0 spiro atoms. The van der Waals surface area contributed by atoms with Crippen molar-refractivity contribution in [3.05, 3.63) is 95.9 Å². The van der Waals surface area contributed by atoms with E-state index in [0.29, 0.717) is 6.07 Å². The first kappa shape index (κ1) is 36.0. The maximum atomic E-state index is 12.9. The van der Waals surface area contributed by atoms with Crippen molar-refractivity contribution in [2.75, 3.05) is 16.6 Å². The SMILES string of the molecule is Nc1cc(N/N=c2\c(=O)cc/c(=N/Nc3cc(S(=O)(=O)[O-])cc4cc(S(=O)(=O)[O-])cc(O)c34)c2=O)ccc1[N+](=O)[O-].[Na+].[Na+]. The summed E-state index contributed by atoms with van der Waals surface area (Å²) in [4.78, 5) is 33.5. The normalized spacial score (nSPS) is 12.3. The van der Waals surface area contributed by atoms with Crippen LogP contribution in [0.5, 0.6) is 5.75 Å². The molecule has 212 valence electrons. The van der Waals surface area contributed by atoms with E-state index < -0.39 is 62.3 Å². The molecule has 0 unspecified atom stereocenters. The summed E-state index contributed by atoms with van der Waals surface area (Å²) in [6.07, 6.45) is 0. The second-order valence-corrected chi connectivity index (χ2v) is 10.9. The summed E-state index contributed by atoms with van der Waals surface area (Å²) in [6, 6.07) is 8.16. The molecule has 0 atom stereocenters. The monoisotopic (exact) mass is 648 g/mol. The number of nitro benzene ring substituents is 1. The largest absolute Gasteiger partial charge is 1.00 e. The quantitative estimate of drug-likeness (QED) is 0.0476. The van der Waals surface area contributed by atoms with Crippen molar-refractivity contribution in [3.63, 3.8) is 0 Å². The van der Waals surface area contributed by atoms with Crippen LogP contribution in [0.15, 0.2) is 84.2 Å². The van der Waals surface area contributed by atoms with Gasteiger partial charge in [-0.1, -0.05) is 0 Å². The number of nitrogen functional groups attached to an aromatic ring is 1. The van der Waals surface area contributed by atoms with Gasteiger partial charge in [-0.15, -0.1) is 0 Å². The van der Waals surface area contributed by atoms with Gasteiger partial charge >= 0.3 is 59.1 Å². The van der Waals surface area contributed by atoms with Gasteiger partial charge in [-0.2, -0.15) is 10.2 Å². The average Bonchev–Trinajstić information content (AvgIpc) is 2.86. The molecule has 0 bridgehead atoms. The van der Waals surface area contributed by atoms with Crippen LogP contribution in [0, 0.1) is 10.1 Å². The first-order valence-electron chi connectivity index (χ1n) is 10.8. The molecule has 0 aliphatic heterocycles. The van der Waals surface area contributed by atoms with Crippen LogP contribution in [-0.2, 0) is 20.2 Å². The van der Waals surface area contributed by atoms with E-state index in [2.05, 4.69) is 21.1 Å². The Bertz CT molecular complexity index is 2220. The van der Waals surface area contributed by atoms with Crippen molar-refractivity contribution in [1.29, 1.82) is 0 Å². The van der Waals surface area contributed by atoms with Gasteiger partial charge < -0.3 is 19.9 Å². The minimum absolute atomic E-state index is 0. The Morgan fingerprint density at radius 1 is 0.837 bits per heavy atom. The number of nitrogens with two attached hydrogens (primary N) is 1. The second kappa shape index (κ2) is 13.6. The van der Waals surface area contributed by atoms with Gasteiger partial charge in [0.1, 0.15) is 37.0 Å². The number of hydrogen-bond donors (Lipinski definition) is 4. The Kier molecular flexibility index (Phi) is 11.4. The van der Waals surface area contributed by atoms with Gasteiger partial charge in [-0.3, -0.25) is 30.6 Å². The van der Waals surface area contributed by atoms with Crippen LogP contribution in [0.25, 0.3) is 10.8 Å². The third-order valence-corrected chi connectivity index (χ3v) is 7.07. The molecular formula is C22H14N6Na2O11S2. The minimum Gasteiger partial charge on any atom is -0.744 e. The summed E-state index contributed by atoms with van der Waals surface area (Å²) < 4.78 is 69.3. The van der Waals surface area contributed by atoms with Crippen LogP contribution in [0.4, 0.5) is 22.7 Å². The Morgan fingerprint density at radius 3 is 2.00 bits per heavy atom. The first-order chi connectivity index (χ1) is 19.1. The van der Waals surface area contributed by atoms with Crippen LogP contribution in [0.2, 0.25) is 0 Å². The Hall–Kier alpha value is -3.24. The van der Waals surface area contributed by atoms with Crippen molar-refractivity contribution >= 4 is 53.8 Å². The number of rotatable bonds is 7. The Labute approximate surface area is 284 Å². The summed E-state index contributed by atoms with van der Waals surface area (Å²) in [5.74, 6) is -0.802. The topological polar surface area (TPSA) is 287 Å². The van der Waals surface area contributed by atoms with E-state index in [0.717, 1.165) is 42.5 Å². The Morgan fingerprint density at radius 2 is 1.44 bits per heavy atom. The summed E-state index contributed by atoms with van der Waals surface area (Å²) in [5, 5.41) is 27.1. The van der Waals surface area contributed by atoms with Gasteiger partial charge in [0, 0.05) is 11.5 Å². The molecule has 4 aromatic rings. The van der Waals surface area contributed by atoms with E-state index in [-0.39, 0.29) is 92.6 Å². The molecule has 4 rings (SSSR count). The molecule has 4 aromatic carbocycles. The molecule has 17 nitrogen and oxygen atoms in total. The van der Waals surface area contributed by atoms with E-state index >= 15 is 0 Å². The fraction of sp³-hybridized carbons (Fsp3) is 0. The number of anilines is 3. The molecule has 0 heterocycles. The van der Waals surface area contributed by atoms with Crippen molar-refractivity contribution in [2.45, 2.75) is 9.79 Å². The molecule has 0 aliphatic rings. The maximum Gasteiger partial charge on any atom is 1.00 e. The van der Waals surface area contributed by atoms with Crippen molar-refractivity contribution in [2.24, 2.45) is 10.2 Å². The molecule has 5 N–H and O–H groups in total. The number of nitrogens with one attached hydrogen (secondary N) is 2. The summed E-state index contributed by atoms with van der Waals surface area (Å²) >= 11 is 0. The smallest absolute Gasteiger partial charge is 0.744 e. The van der Waals surface area contributed by atoms with Gasteiger partial charge in [-0.05, 0) is 53.9 Å². The van der Waals surface area contributed by atoms with Gasteiger partial charge in [0.15, 0.2) is 5.36 Å². The van der Waals surface area contributed by atoms with Gasteiger partial charge in [0.25, 0.3) is 5.69 Å².